The van der Waals surface area contributed by atoms with E-state index in [-0.39, 0.29) is 35.1 Å². The molecule has 1 saturated heterocycles. The van der Waals surface area contributed by atoms with Crippen LogP contribution in [0.3, 0.4) is 0 Å². The summed E-state index contributed by atoms with van der Waals surface area (Å²) in [5.41, 5.74) is 7.92. The SMILES string of the molecule is Cn1c(Nc2cc(C(C)(C)C)n([C@H]3COC[C@@H]3O)n2)nc2ncc(O/C(=C/N)c3cnccn3)c(C#N)c21. The van der Waals surface area contributed by atoms with Crippen molar-refractivity contribution in [1.82, 2.24) is 34.3 Å². The Morgan fingerprint density at radius 2 is 2.11 bits per heavy atom. The molecule has 196 valence electrons. The second-order valence-electron chi connectivity index (χ2n) is 9.91. The average Bonchev–Trinajstić information content (AvgIpc) is 3.60. The Balaban J connectivity index is 1.51. The predicted octanol–water partition coefficient (Wildman–Crippen LogP) is 2.14. The third-order valence-electron chi connectivity index (χ3n) is 6.24. The summed E-state index contributed by atoms with van der Waals surface area (Å²) in [6.45, 7) is 6.89. The lowest BCUT2D eigenvalue weighted by atomic mass is 9.91. The fourth-order valence-corrected chi connectivity index (χ4v) is 4.32. The number of nitrogens with zero attached hydrogens (tertiary/aromatic N) is 8. The molecule has 13 heteroatoms. The number of aliphatic hydroxyl groups excluding tert-OH is 1. The average molecular weight is 517 g/mol. The van der Waals surface area contributed by atoms with E-state index in [1.54, 1.807) is 11.6 Å². The first-order chi connectivity index (χ1) is 18.2. The molecular weight excluding hydrogens is 488 g/mol. The predicted molar refractivity (Wildman–Crippen MR) is 138 cm³/mol. The van der Waals surface area contributed by atoms with Gasteiger partial charge in [-0.15, -0.1) is 0 Å². The minimum atomic E-state index is -0.644. The molecule has 1 aliphatic rings. The van der Waals surface area contributed by atoms with E-state index >= 15 is 0 Å². The fourth-order valence-electron chi connectivity index (χ4n) is 4.32. The van der Waals surface area contributed by atoms with Gasteiger partial charge < -0.3 is 30.2 Å². The second kappa shape index (κ2) is 9.73. The maximum Gasteiger partial charge on any atom is 0.210 e. The molecule has 5 heterocycles. The van der Waals surface area contributed by atoms with Gasteiger partial charge in [-0.3, -0.25) is 9.67 Å². The minimum Gasteiger partial charge on any atom is -0.450 e. The van der Waals surface area contributed by atoms with E-state index in [1.807, 2.05) is 10.7 Å². The van der Waals surface area contributed by atoms with E-state index in [4.69, 9.17) is 20.3 Å². The van der Waals surface area contributed by atoms with Gasteiger partial charge in [-0.1, -0.05) is 20.8 Å². The molecule has 0 aromatic carbocycles. The summed E-state index contributed by atoms with van der Waals surface area (Å²) in [6, 6.07) is 3.83. The van der Waals surface area contributed by atoms with Gasteiger partial charge in [-0.2, -0.15) is 15.3 Å². The number of rotatable bonds is 6. The van der Waals surface area contributed by atoms with Crippen molar-refractivity contribution in [2.24, 2.45) is 12.8 Å². The van der Waals surface area contributed by atoms with Gasteiger partial charge in [0.05, 0.1) is 25.6 Å². The van der Waals surface area contributed by atoms with Crippen LogP contribution in [0.2, 0.25) is 0 Å². The highest BCUT2D eigenvalue weighted by Crippen LogP contribution is 2.33. The van der Waals surface area contributed by atoms with Crippen molar-refractivity contribution >= 4 is 28.7 Å². The van der Waals surface area contributed by atoms with Crippen molar-refractivity contribution in [1.29, 1.82) is 5.26 Å². The Bertz CT molecular complexity index is 1550. The monoisotopic (exact) mass is 516 g/mol. The second-order valence-corrected chi connectivity index (χ2v) is 9.91. The van der Waals surface area contributed by atoms with Crippen molar-refractivity contribution in [2.45, 2.75) is 38.3 Å². The van der Waals surface area contributed by atoms with Gasteiger partial charge in [0, 0.05) is 42.8 Å². The van der Waals surface area contributed by atoms with E-state index < -0.39 is 6.10 Å². The van der Waals surface area contributed by atoms with Crippen LogP contribution in [-0.4, -0.2) is 58.7 Å². The molecule has 0 amide bonds. The molecule has 2 atom stereocenters. The number of pyridine rings is 1. The van der Waals surface area contributed by atoms with E-state index in [0.717, 1.165) is 5.69 Å². The van der Waals surface area contributed by atoms with Crippen molar-refractivity contribution < 1.29 is 14.6 Å². The smallest absolute Gasteiger partial charge is 0.210 e. The van der Waals surface area contributed by atoms with Crippen LogP contribution in [0.15, 0.2) is 37.1 Å². The molecular formula is C25H28N10O3. The van der Waals surface area contributed by atoms with Gasteiger partial charge in [-0.05, 0) is 0 Å². The first-order valence-electron chi connectivity index (χ1n) is 12.0. The lowest BCUT2D eigenvalue weighted by Gasteiger charge is -2.24. The molecule has 1 aliphatic heterocycles. The highest BCUT2D eigenvalue weighted by Gasteiger charge is 2.33. The van der Waals surface area contributed by atoms with Gasteiger partial charge in [0.1, 0.15) is 35.0 Å². The summed E-state index contributed by atoms with van der Waals surface area (Å²) in [6.07, 6.45) is 6.58. The minimum absolute atomic E-state index is 0.200. The highest BCUT2D eigenvalue weighted by atomic mass is 16.5. The summed E-state index contributed by atoms with van der Waals surface area (Å²) >= 11 is 0. The molecule has 0 aliphatic carbocycles. The van der Waals surface area contributed by atoms with Crippen LogP contribution < -0.4 is 15.8 Å². The van der Waals surface area contributed by atoms with Gasteiger partial charge in [-0.25, -0.2) is 9.97 Å². The number of hydrogen-bond acceptors (Lipinski definition) is 11. The summed E-state index contributed by atoms with van der Waals surface area (Å²) in [5.74, 6) is 1.40. The van der Waals surface area contributed by atoms with Crippen LogP contribution in [0.25, 0.3) is 16.9 Å². The molecule has 13 nitrogen and oxygen atoms in total. The molecule has 4 aromatic heterocycles. The molecule has 5 rings (SSSR count). The van der Waals surface area contributed by atoms with Crippen molar-refractivity contribution in [3.8, 4) is 11.8 Å². The van der Waals surface area contributed by atoms with E-state index in [1.165, 1.54) is 31.0 Å². The number of fused-ring (bicyclic) bond motifs is 1. The van der Waals surface area contributed by atoms with Crippen LogP contribution >= 0.6 is 0 Å². The molecule has 38 heavy (non-hydrogen) atoms. The summed E-state index contributed by atoms with van der Waals surface area (Å²) in [4.78, 5) is 17.2. The van der Waals surface area contributed by atoms with Gasteiger partial charge >= 0.3 is 0 Å². The Morgan fingerprint density at radius 1 is 1.29 bits per heavy atom. The number of aryl methyl sites for hydroxylation is 1. The van der Waals surface area contributed by atoms with Gasteiger partial charge in [0.25, 0.3) is 0 Å². The Morgan fingerprint density at radius 3 is 2.74 bits per heavy atom. The number of nitriles is 1. The molecule has 4 N–H and O–H groups in total. The maximum absolute atomic E-state index is 10.4. The van der Waals surface area contributed by atoms with E-state index in [9.17, 15) is 10.4 Å². The van der Waals surface area contributed by atoms with Crippen LogP contribution in [0.1, 0.15) is 43.8 Å². The molecule has 0 bridgehead atoms. The van der Waals surface area contributed by atoms with Gasteiger partial charge in [0.2, 0.25) is 5.95 Å². The van der Waals surface area contributed by atoms with Crippen molar-refractivity contribution in [3.63, 3.8) is 0 Å². The van der Waals surface area contributed by atoms with Crippen molar-refractivity contribution in [3.05, 3.63) is 54.0 Å². The Labute approximate surface area is 218 Å². The molecule has 0 radical (unpaired) electrons. The van der Waals surface area contributed by atoms with Crippen LogP contribution in [0, 0.1) is 11.3 Å². The fraction of sp³-hybridized carbons (Fsp3) is 0.360. The number of hydrogen-bond donors (Lipinski definition) is 3. The third kappa shape index (κ3) is 4.51. The Hall–Kier alpha value is -4.54. The van der Waals surface area contributed by atoms with Gasteiger partial charge in [0.15, 0.2) is 23.0 Å². The van der Waals surface area contributed by atoms with Crippen LogP contribution in [-0.2, 0) is 17.2 Å². The molecule has 1 fully saturated rings. The van der Waals surface area contributed by atoms with Crippen LogP contribution in [0.4, 0.5) is 11.8 Å². The standard InChI is InChI=1S/C25H28N10O3/c1-25(2,3)20-7-21(33-35(20)16-12-37-13-17(16)36)31-24-32-23-22(34(24)4)14(8-26)19(11-30-23)38-18(9-27)15-10-28-5-6-29-15/h5-7,9-11,16-17,36H,12-13,27H2,1-4H3,(H,30,31,32,33)/b18-9+/t16-,17-/m0/s1. The first kappa shape index (κ1) is 25.1. The zero-order chi connectivity index (χ0) is 27.0. The number of nitrogens with one attached hydrogen (secondary N) is 1. The third-order valence-corrected chi connectivity index (χ3v) is 6.24. The Kier molecular flexibility index (Phi) is 6.43. The van der Waals surface area contributed by atoms with E-state index in [0.29, 0.717) is 35.2 Å². The number of imidazole rings is 1. The van der Waals surface area contributed by atoms with Crippen molar-refractivity contribution in [2.75, 3.05) is 18.5 Å². The zero-order valence-corrected chi connectivity index (χ0v) is 21.5. The number of anilines is 2. The maximum atomic E-state index is 10.4. The summed E-state index contributed by atoms with van der Waals surface area (Å²) < 4.78 is 14.9. The molecule has 0 saturated carbocycles. The molecule has 0 spiro atoms. The summed E-state index contributed by atoms with van der Waals surface area (Å²) in [7, 11) is 1.77. The number of aromatic nitrogens is 7. The number of ether oxygens (including phenoxy) is 2. The summed E-state index contributed by atoms with van der Waals surface area (Å²) in [5, 5.41) is 28.4. The van der Waals surface area contributed by atoms with E-state index in [2.05, 4.69) is 52.1 Å². The first-order valence-corrected chi connectivity index (χ1v) is 12.0. The molecule has 0 unspecified atom stereocenters. The van der Waals surface area contributed by atoms with Crippen LogP contribution in [0.5, 0.6) is 5.75 Å². The number of aliphatic hydroxyl groups is 1. The molecule has 4 aromatic rings. The zero-order valence-electron chi connectivity index (χ0n) is 21.5. The lowest BCUT2D eigenvalue weighted by Crippen LogP contribution is -2.28. The lowest BCUT2D eigenvalue weighted by molar-refractivity contribution is 0.117. The topological polar surface area (TPSA) is 175 Å². The largest absolute Gasteiger partial charge is 0.450 e. The normalized spacial score (nSPS) is 18.1. The number of nitrogens with two attached hydrogens (primary N) is 1. The highest BCUT2D eigenvalue weighted by molar-refractivity contribution is 5.84. The quantitative estimate of drug-likeness (QED) is 0.320.